The van der Waals surface area contributed by atoms with Crippen LogP contribution in [0.15, 0.2) is 29.6 Å². The van der Waals surface area contributed by atoms with Crippen molar-refractivity contribution >= 4 is 33.0 Å². The molecule has 0 aliphatic rings. The SMILES string of the molecule is Clc1ccc2ccsc2c1.[Cu]. The van der Waals surface area contributed by atoms with E-state index in [-0.39, 0.29) is 17.1 Å². The largest absolute Gasteiger partial charge is 0.144 e. The van der Waals surface area contributed by atoms with Gasteiger partial charge in [-0.1, -0.05) is 17.7 Å². The van der Waals surface area contributed by atoms with Crippen LogP contribution in [-0.2, 0) is 17.1 Å². The Morgan fingerprint density at radius 2 is 2.00 bits per heavy atom. The van der Waals surface area contributed by atoms with Crippen LogP contribution in [0.1, 0.15) is 0 Å². The summed E-state index contributed by atoms with van der Waals surface area (Å²) in [7, 11) is 0. The number of fused-ring (bicyclic) bond motifs is 1. The van der Waals surface area contributed by atoms with Gasteiger partial charge in [0.1, 0.15) is 0 Å². The van der Waals surface area contributed by atoms with E-state index in [1.807, 2.05) is 18.2 Å². The van der Waals surface area contributed by atoms with Crippen molar-refractivity contribution in [1.82, 2.24) is 0 Å². The van der Waals surface area contributed by atoms with Crippen molar-refractivity contribution in [3.05, 3.63) is 34.7 Å². The van der Waals surface area contributed by atoms with E-state index in [1.54, 1.807) is 11.3 Å². The Labute approximate surface area is 84.7 Å². The third kappa shape index (κ3) is 1.77. The first-order chi connectivity index (χ1) is 4.86. The summed E-state index contributed by atoms with van der Waals surface area (Å²) in [6.07, 6.45) is 0. The van der Waals surface area contributed by atoms with E-state index in [1.165, 1.54) is 10.1 Å². The average molecular weight is 232 g/mol. The summed E-state index contributed by atoms with van der Waals surface area (Å²) in [6, 6.07) is 8.03. The number of thiophene rings is 1. The van der Waals surface area contributed by atoms with Crippen LogP contribution in [0.3, 0.4) is 0 Å². The predicted molar refractivity (Wildman–Crippen MR) is 46.8 cm³/mol. The Hall–Kier alpha value is -0.0105. The molecule has 1 aromatic carbocycles. The molecular formula is C8H5ClCuS. The number of hydrogen-bond donors (Lipinski definition) is 0. The molecule has 11 heavy (non-hydrogen) atoms. The smallest absolute Gasteiger partial charge is 0.0420 e. The first-order valence-electron chi connectivity index (χ1n) is 2.99. The van der Waals surface area contributed by atoms with Crippen LogP contribution in [-0.4, -0.2) is 0 Å². The molecule has 0 aliphatic heterocycles. The minimum Gasteiger partial charge on any atom is -0.144 e. The van der Waals surface area contributed by atoms with Crippen molar-refractivity contribution in [2.75, 3.05) is 0 Å². The molecule has 0 aliphatic carbocycles. The maximum Gasteiger partial charge on any atom is 0.0420 e. The van der Waals surface area contributed by atoms with E-state index in [4.69, 9.17) is 11.6 Å². The molecule has 0 spiro atoms. The van der Waals surface area contributed by atoms with Gasteiger partial charge >= 0.3 is 0 Å². The summed E-state index contributed by atoms with van der Waals surface area (Å²) in [5.74, 6) is 0. The molecule has 0 saturated heterocycles. The second-order valence-corrected chi connectivity index (χ2v) is 3.49. The molecule has 2 rings (SSSR count). The average Bonchev–Trinajstić information content (AvgIpc) is 2.33. The molecule has 2 aromatic rings. The van der Waals surface area contributed by atoms with Gasteiger partial charge in [-0.05, 0) is 29.0 Å². The molecule has 0 bridgehead atoms. The zero-order chi connectivity index (χ0) is 6.97. The van der Waals surface area contributed by atoms with Crippen molar-refractivity contribution in [2.24, 2.45) is 0 Å². The monoisotopic (exact) mass is 231 g/mol. The van der Waals surface area contributed by atoms with E-state index < -0.39 is 0 Å². The second-order valence-electron chi connectivity index (χ2n) is 2.10. The molecule has 0 unspecified atom stereocenters. The summed E-state index contributed by atoms with van der Waals surface area (Å²) >= 11 is 7.50. The van der Waals surface area contributed by atoms with Crippen LogP contribution < -0.4 is 0 Å². The van der Waals surface area contributed by atoms with Crippen molar-refractivity contribution in [2.45, 2.75) is 0 Å². The molecule has 61 valence electrons. The molecule has 0 nitrogen and oxygen atoms in total. The first kappa shape index (κ1) is 9.08. The van der Waals surface area contributed by atoms with Crippen LogP contribution in [0, 0.1) is 0 Å². The molecule has 1 aromatic heterocycles. The standard InChI is InChI=1S/C8H5ClS.Cu/c9-7-2-1-6-3-4-10-8(6)5-7;/h1-5H;. The fourth-order valence-corrected chi connectivity index (χ4v) is 1.99. The van der Waals surface area contributed by atoms with Gasteiger partial charge in [0.15, 0.2) is 0 Å². The van der Waals surface area contributed by atoms with Gasteiger partial charge in [0.05, 0.1) is 0 Å². The summed E-state index contributed by atoms with van der Waals surface area (Å²) in [4.78, 5) is 0. The van der Waals surface area contributed by atoms with Gasteiger partial charge < -0.3 is 0 Å². The van der Waals surface area contributed by atoms with E-state index in [9.17, 15) is 0 Å². The summed E-state index contributed by atoms with van der Waals surface area (Å²) in [6.45, 7) is 0. The Morgan fingerprint density at radius 3 is 2.82 bits per heavy atom. The van der Waals surface area contributed by atoms with Crippen LogP contribution in [0.5, 0.6) is 0 Å². The van der Waals surface area contributed by atoms with E-state index in [0.29, 0.717) is 0 Å². The minimum atomic E-state index is 0. The van der Waals surface area contributed by atoms with Crippen molar-refractivity contribution in [3.63, 3.8) is 0 Å². The molecule has 0 amide bonds. The van der Waals surface area contributed by atoms with Gasteiger partial charge in [-0.25, -0.2) is 0 Å². The predicted octanol–water partition coefficient (Wildman–Crippen LogP) is 3.55. The number of hydrogen-bond acceptors (Lipinski definition) is 1. The van der Waals surface area contributed by atoms with Crippen LogP contribution in [0.4, 0.5) is 0 Å². The van der Waals surface area contributed by atoms with E-state index >= 15 is 0 Å². The van der Waals surface area contributed by atoms with E-state index in [2.05, 4.69) is 11.4 Å². The van der Waals surface area contributed by atoms with Gasteiger partial charge in [-0.2, -0.15) is 0 Å². The van der Waals surface area contributed by atoms with E-state index in [0.717, 1.165) is 5.02 Å². The van der Waals surface area contributed by atoms with Crippen LogP contribution in [0.25, 0.3) is 10.1 Å². The first-order valence-corrected chi connectivity index (χ1v) is 4.25. The van der Waals surface area contributed by atoms with Gasteiger partial charge in [0.2, 0.25) is 0 Å². The fourth-order valence-electron chi connectivity index (χ4n) is 0.929. The Balaban J connectivity index is 0.000000605. The van der Waals surface area contributed by atoms with Gasteiger partial charge in [0.25, 0.3) is 0 Å². The zero-order valence-corrected chi connectivity index (χ0v) is 7.99. The summed E-state index contributed by atoms with van der Waals surface area (Å²) < 4.78 is 1.26. The van der Waals surface area contributed by atoms with Crippen LogP contribution in [0.2, 0.25) is 5.02 Å². The van der Waals surface area contributed by atoms with Crippen molar-refractivity contribution in [1.29, 1.82) is 0 Å². The maximum atomic E-state index is 5.78. The topological polar surface area (TPSA) is 0 Å². The molecule has 0 saturated carbocycles. The van der Waals surface area contributed by atoms with Crippen LogP contribution >= 0.6 is 22.9 Å². The number of benzene rings is 1. The molecule has 0 N–H and O–H groups in total. The normalized spacial score (nSPS) is 9.55. The molecule has 1 heterocycles. The maximum absolute atomic E-state index is 5.78. The molecule has 0 fully saturated rings. The third-order valence-electron chi connectivity index (χ3n) is 1.42. The Morgan fingerprint density at radius 1 is 1.18 bits per heavy atom. The molecule has 1 radical (unpaired) electrons. The Bertz CT molecular complexity index is 356. The number of halogens is 1. The van der Waals surface area contributed by atoms with Crippen molar-refractivity contribution < 1.29 is 17.1 Å². The third-order valence-corrected chi connectivity index (χ3v) is 2.53. The van der Waals surface area contributed by atoms with Gasteiger partial charge in [0, 0.05) is 26.8 Å². The second kappa shape index (κ2) is 3.59. The molecular weight excluding hydrogens is 227 g/mol. The van der Waals surface area contributed by atoms with Gasteiger partial charge in [-0.15, -0.1) is 11.3 Å². The fraction of sp³-hybridized carbons (Fsp3) is 0. The van der Waals surface area contributed by atoms with Gasteiger partial charge in [-0.3, -0.25) is 0 Å². The van der Waals surface area contributed by atoms with Crippen molar-refractivity contribution in [3.8, 4) is 0 Å². The Kier molecular flexibility index (Phi) is 2.97. The quantitative estimate of drug-likeness (QED) is 0.609. The minimum absolute atomic E-state index is 0. The molecule has 3 heteroatoms. The summed E-state index contributed by atoms with van der Waals surface area (Å²) in [5.41, 5.74) is 0. The molecule has 0 atom stereocenters. The summed E-state index contributed by atoms with van der Waals surface area (Å²) in [5, 5.41) is 4.16. The zero-order valence-electron chi connectivity index (χ0n) is 5.47. The number of rotatable bonds is 0.